The lowest BCUT2D eigenvalue weighted by molar-refractivity contribution is -0.189. The molecule has 0 unspecified atom stereocenters. The van der Waals surface area contributed by atoms with Crippen LogP contribution in [-0.4, -0.2) is 68.1 Å². The summed E-state index contributed by atoms with van der Waals surface area (Å²) in [5.41, 5.74) is 0.480. The highest BCUT2D eigenvalue weighted by atomic mass is 16.5. The Labute approximate surface area is 146 Å². The quantitative estimate of drug-likeness (QED) is 0.735. The fraction of sp³-hybridized carbons (Fsp3) is 0.706. The lowest BCUT2D eigenvalue weighted by Crippen LogP contribution is -2.55. The number of hydrogen-bond acceptors (Lipinski definition) is 6. The minimum atomic E-state index is -0.839. The minimum Gasteiger partial charge on any atom is -0.390 e. The first-order valence-electron chi connectivity index (χ1n) is 8.63. The van der Waals surface area contributed by atoms with Gasteiger partial charge in [0.05, 0.1) is 18.3 Å². The second-order valence-electron chi connectivity index (χ2n) is 7.12. The third kappa shape index (κ3) is 3.75. The molecule has 2 saturated heterocycles. The monoisotopic (exact) mass is 351 g/mol. The second kappa shape index (κ2) is 6.86. The first kappa shape index (κ1) is 18.0. The summed E-state index contributed by atoms with van der Waals surface area (Å²) < 4.78 is 7.16. The summed E-state index contributed by atoms with van der Waals surface area (Å²) >= 11 is 0. The molecule has 1 aromatic heterocycles. The molecule has 2 fully saturated rings. The lowest BCUT2D eigenvalue weighted by Gasteiger charge is -2.46. The van der Waals surface area contributed by atoms with E-state index in [1.807, 2.05) is 0 Å². The van der Waals surface area contributed by atoms with E-state index in [2.05, 4.69) is 4.98 Å². The molecule has 2 aliphatic heterocycles. The van der Waals surface area contributed by atoms with Gasteiger partial charge in [0.25, 0.3) is 0 Å². The van der Waals surface area contributed by atoms with Crippen molar-refractivity contribution in [2.24, 2.45) is 0 Å². The fourth-order valence-electron chi connectivity index (χ4n) is 3.66. The molecule has 0 aliphatic carbocycles. The predicted octanol–water partition coefficient (Wildman–Crippen LogP) is -0.637. The van der Waals surface area contributed by atoms with Crippen LogP contribution < -0.4 is 5.69 Å². The predicted molar refractivity (Wildman–Crippen MR) is 89.1 cm³/mol. The van der Waals surface area contributed by atoms with E-state index >= 15 is 0 Å². The molecule has 1 spiro atoms. The molecule has 25 heavy (non-hydrogen) atoms. The highest BCUT2D eigenvalue weighted by molar-refractivity contribution is 5.76. The molecule has 0 saturated carbocycles. The van der Waals surface area contributed by atoms with Crippen molar-refractivity contribution in [3.63, 3.8) is 0 Å². The largest absolute Gasteiger partial charge is 0.390 e. The molecule has 2 aliphatic rings. The van der Waals surface area contributed by atoms with Crippen molar-refractivity contribution >= 4 is 5.91 Å². The highest BCUT2D eigenvalue weighted by Crippen LogP contribution is 2.35. The molecule has 3 heterocycles. The van der Waals surface area contributed by atoms with Gasteiger partial charge in [0.15, 0.2) is 0 Å². The fourth-order valence-corrected chi connectivity index (χ4v) is 3.66. The lowest BCUT2D eigenvalue weighted by atomic mass is 9.82. The molecule has 8 heteroatoms. The van der Waals surface area contributed by atoms with Crippen molar-refractivity contribution in [2.45, 2.75) is 57.5 Å². The van der Waals surface area contributed by atoms with Crippen molar-refractivity contribution in [2.75, 3.05) is 19.7 Å². The molecule has 1 amide bonds. The number of aryl methyl sites for hydroxylation is 2. The minimum absolute atomic E-state index is 0.0207. The highest BCUT2D eigenvalue weighted by Gasteiger charge is 2.43. The van der Waals surface area contributed by atoms with Gasteiger partial charge in [-0.2, -0.15) is 4.98 Å². The summed E-state index contributed by atoms with van der Waals surface area (Å²) in [4.78, 5) is 30.2. The van der Waals surface area contributed by atoms with Crippen molar-refractivity contribution in [3.05, 3.63) is 27.9 Å². The molecule has 2 N–H and O–H groups in total. The summed E-state index contributed by atoms with van der Waals surface area (Å²) in [6.07, 6.45) is -0.00750. The molecular formula is C17H25N3O5. The standard InChI is InChI=1S/C17H25N3O5/c1-11-7-12(2)20(16(24)18-11)9-15(23)19-5-3-17(4-6-19)8-13(21)14(22)10-25-17/h7,13-14,21-22H,3-6,8-10H2,1-2H3/t13-,14+/m1/s1. The SMILES string of the molecule is Cc1cc(C)n(CC(=O)N2CCC3(CC2)C[C@@H](O)[C@@H](O)CO3)c(=O)n1. The van der Waals surface area contributed by atoms with E-state index < -0.39 is 23.5 Å². The second-order valence-corrected chi connectivity index (χ2v) is 7.12. The number of nitrogens with zero attached hydrogens (tertiary/aromatic N) is 3. The smallest absolute Gasteiger partial charge is 0.348 e. The maximum atomic E-state index is 12.6. The van der Waals surface area contributed by atoms with Crippen LogP contribution in [0.4, 0.5) is 0 Å². The number of piperidine rings is 1. The van der Waals surface area contributed by atoms with Crippen LogP contribution in [0.2, 0.25) is 0 Å². The maximum absolute atomic E-state index is 12.6. The van der Waals surface area contributed by atoms with Crippen LogP contribution in [-0.2, 0) is 16.1 Å². The zero-order valence-electron chi connectivity index (χ0n) is 14.6. The topological polar surface area (TPSA) is 105 Å². The number of likely N-dealkylation sites (tertiary alicyclic amines) is 1. The summed E-state index contributed by atoms with van der Waals surface area (Å²) in [6.45, 7) is 4.66. The van der Waals surface area contributed by atoms with Crippen LogP contribution in [0.1, 0.15) is 30.7 Å². The molecule has 3 rings (SSSR count). The number of aromatic nitrogens is 2. The maximum Gasteiger partial charge on any atom is 0.348 e. The summed E-state index contributed by atoms with van der Waals surface area (Å²) in [5.74, 6) is -0.123. The Hall–Kier alpha value is -1.77. The van der Waals surface area contributed by atoms with E-state index in [0.717, 1.165) is 0 Å². The zero-order valence-corrected chi connectivity index (χ0v) is 14.6. The number of rotatable bonds is 2. The van der Waals surface area contributed by atoms with Gasteiger partial charge in [0.1, 0.15) is 12.6 Å². The van der Waals surface area contributed by atoms with Crippen LogP contribution in [0, 0.1) is 13.8 Å². The number of hydrogen-bond donors (Lipinski definition) is 2. The van der Waals surface area contributed by atoms with Gasteiger partial charge >= 0.3 is 5.69 Å². The Morgan fingerprint density at radius 1 is 1.32 bits per heavy atom. The number of carbonyl (C=O) groups excluding carboxylic acids is 1. The van der Waals surface area contributed by atoms with Gasteiger partial charge in [-0.25, -0.2) is 4.79 Å². The zero-order chi connectivity index (χ0) is 18.2. The van der Waals surface area contributed by atoms with Crippen molar-refractivity contribution in [1.29, 1.82) is 0 Å². The Morgan fingerprint density at radius 3 is 2.60 bits per heavy atom. The Morgan fingerprint density at radius 2 is 2.00 bits per heavy atom. The van der Waals surface area contributed by atoms with Crippen LogP contribution >= 0.6 is 0 Å². The van der Waals surface area contributed by atoms with Gasteiger partial charge in [-0.05, 0) is 32.8 Å². The van der Waals surface area contributed by atoms with E-state index in [-0.39, 0.29) is 19.1 Å². The van der Waals surface area contributed by atoms with Gasteiger partial charge in [0, 0.05) is 30.9 Å². The molecule has 0 radical (unpaired) electrons. The molecule has 0 bridgehead atoms. The van der Waals surface area contributed by atoms with E-state index in [1.165, 1.54) is 4.57 Å². The van der Waals surface area contributed by atoms with Crippen molar-refractivity contribution in [3.8, 4) is 0 Å². The van der Waals surface area contributed by atoms with Gasteiger partial charge in [-0.1, -0.05) is 0 Å². The molecule has 2 atom stereocenters. The van der Waals surface area contributed by atoms with Crippen LogP contribution in [0.3, 0.4) is 0 Å². The van der Waals surface area contributed by atoms with Crippen LogP contribution in [0.25, 0.3) is 0 Å². The number of carbonyl (C=O) groups is 1. The van der Waals surface area contributed by atoms with Gasteiger partial charge in [-0.15, -0.1) is 0 Å². The van der Waals surface area contributed by atoms with E-state index in [4.69, 9.17) is 4.74 Å². The summed E-state index contributed by atoms with van der Waals surface area (Å²) in [5, 5.41) is 19.5. The Kier molecular flexibility index (Phi) is 4.95. The Bertz CT molecular complexity index is 709. The molecule has 138 valence electrons. The van der Waals surface area contributed by atoms with Gasteiger partial charge in [0.2, 0.25) is 5.91 Å². The average molecular weight is 351 g/mol. The number of ether oxygens (including phenoxy) is 1. The average Bonchev–Trinajstić information content (AvgIpc) is 2.55. The van der Waals surface area contributed by atoms with E-state index in [0.29, 0.717) is 43.7 Å². The van der Waals surface area contributed by atoms with Gasteiger partial charge in [-0.3, -0.25) is 9.36 Å². The van der Waals surface area contributed by atoms with E-state index in [1.54, 1.807) is 24.8 Å². The number of aliphatic hydroxyl groups excluding tert-OH is 2. The van der Waals surface area contributed by atoms with E-state index in [9.17, 15) is 19.8 Å². The molecule has 0 aromatic carbocycles. The molecular weight excluding hydrogens is 326 g/mol. The molecule has 1 aromatic rings. The summed E-state index contributed by atoms with van der Waals surface area (Å²) in [7, 11) is 0. The third-order valence-electron chi connectivity index (χ3n) is 5.25. The Balaban J connectivity index is 1.62. The number of aliphatic hydroxyl groups is 2. The van der Waals surface area contributed by atoms with Crippen LogP contribution in [0.15, 0.2) is 10.9 Å². The van der Waals surface area contributed by atoms with Crippen molar-refractivity contribution in [1.82, 2.24) is 14.5 Å². The first-order valence-corrected chi connectivity index (χ1v) is 8.63. The normalized spacial score (nSPS) is 26.0. The third-order valence-corrected chi connectivity index (χ3v) is 5.25. The first-order chi connectivity index (χ1) is 11.8. The molecule has 8 nitrogen and oxygen atoms in total. The van der Waals surface area contributed by atoms with Crippen LogP contribution in [0.5, 0.6) is 0 Å². The summed E-state index contributed by atoms with van der Waals surface area (Å²) in [6, 6.07) is 1.78. The number of amides is 1. The van der Waals surface area contributed by atoms with Gasteiger partial charge < -0.3 is 19.8 Å². The van der Waals surface area contributed by atoms with Crippen molar-refractivity contribution < 1.29 is 19.7 Å².